The zero-order valence-corrected chi connectivity index (χ0v) is 79.6. The van der Waals surface area contributed by atoms with Crippen molar-refractivity contribution in [3.8, 4) is 0 Å². The van der Waals surface area contributed by atoms with E-state index in [9.17, 15) is 0 Å². The first-order chi connectivity index (χ1) is 39.2. The van der Waals surface area contributed by atoms with Crippen molar-refractivity contribution in [3.05, 3.63) is 0 Å². The van der Waals surface area contributed by atoms with E-state index >= 15 is 0 Å². The van der Waals surface area contributed by atoms with Crippen molar-refractivity contribution in [2.75, 3.05) is 67.6 Å². The summed E-state index contributed by atoms with van der Waals surface area (Å²) in [7, 11) is -25.8. The summed E-state index contributed by atoms with van der Waals surface area (Å²) in [5.41, 5.74) is 0. The molecular weight excluding hydrogens is 1460 g/mol. The van der Waals surface area contributed by atoms with Crippen LogP contribution in [0.25, 0.3) is 0 Å². The number of ether oxygens (including phenoxy) is 5. The van der Waals surface area contributed by atoms with Gasteiger partial charge in [0.2, 0.25) is 0 Å². The van der Waals surface area contributed by atoms with Crippen LogP contribution in [-0.4, -0.2) is 195 Å². The molecule has 0 aliphatic heterocycles. The molecule has 0 aliphatic carbocycles. The lowest BCUT2D eigenvalue weighted by Gasteiger charge is -2.43. The highest BCUT2D eigenvalue weighted by Gasteiger charge is 2.50. The minimum atomic E-state index is -2.44. The summed E-state index contributed by atoms with van der Waals surface area (Å²) in [6.45, 7) is 77.8. The molecule has 0 atom stereocenters. The zero-order valence-electron chi connectivity index (χ0n) is 64.6. The average Bonchev–Trinajstić information content (AvgIpc) is 1.07. The van der Waals surface area contributed by atoms with Crippen molar-refractivity contribution >= 4 is 127 Å². The summed E-state index contributed by atoms with van der Waals surface area (Å²) in [4.78, 5) is 0. The van der Waals surface area contributed by atoms with Crippen LogP contribution in [0, 0.1) is 0 Å². The smallest absolute Gasteiger partial charge is 0.317 e. The number of hydrogen-bond acceptors (Lipinski definition) is 17. The maximum atomic E-state index is 6.84. The number of hydrogen-bond donors (Lipinski definition) is 0. The first kappa shape index (κ1) is 122. The van der Waals surface area contributed by atoms with E-state index in [0.717, 1.165) is 82.9 Å². The normalized spacial score (nSPS) is 13.2. The third-order valence-corrected chi connectivity index (χ3v) is 64.0. The highest BCUT2D eigenvalue weighted by molar-refractivity contribution is 6.93. The van der Waals surface area contributed by atoms with Crippen molar-refractivity contribution in [1.82, 2.24) is 0 Å². The van der Waals surface area contributed by atoms with Gasteiger partial charge < -0.3 is 73.1 Å². The van der Waals surface area contributed by atoms with Crippen LogP contribution in [0.2, 0.25) is 234 Å². The minimum Gasteiger partial charge on any atom is -0.437 e. The third-order valence-electron chi connectivity index (χ3n) is 11.5. The molecule has 0 saturated heterocycles. The molecule has 96 heavy (non-hydrogen) atoms. The molecule has 32 heteroatoms. The monoisotopic (exact) mass is 1640 g/mol. The lowest BCUT2D eigenvalue weighted by Crippen LogP contribution is -2.59. The molecule has 0 bridgehead atoms. The molecule has 0 spiro atoms. The maximum Gasteiger partial charge on any atom is 0.317 e. The van der Waals surface area contributed by atoms with E-state index < -0.39 is 127 Å². The van der Waals surface area contributed by atoms with E-state index in [4.69, 9.17) is 73.1 Å². The van der Waals surface area contributed by atoms with Gasteiger partial charge in [0.1, 0.15) is 0 Å². The third kappa shape index (κ3) is 79.1. The Morgan fingerprint density at radius 2 is 0.323 bits per heavy atom. The van der Waals surface area contributed by atoms with Gasteiger partial charge in [-0.2, -0.15) is 0 Å². The van der Waals surface area contributed by atoms with Gasteiger partial charge in [0.15, 0.2) is 49.9 Å². The number of unbranched alkanes of at least 4 members (excludes halogenated alkanes) is 7. The molecule has 0 amide bonds. The SMILES string of the molecule is C.C.C.C.C.C.C.C.COCCCC[Si](C)(O[Si](C)(C)O[Si](C)(C)C)O[Si](C)(C)O[Si](C)(C)C.COCCOCCCCCCC[Si](C)(O[Si](C)(C)O[Si](C)(C)C)O[Si](C)(C)O[Si](C)(C)C.COCCOCCCCC[Si](C)(O[Si](C)(C)O[Si](C)(C)C)O[Si](C)(C)O[Si](C)(C)C. The Bertz CT molecular complexity index is 1720. The maximum absolute atomic E-state index is 6.84. The van der Waals surface area contributed by atoms with E-state index in [1.807, 2.05) is 0 Å². The highest BCUT2D eigenvalue weighted by atomic mass is 28.5. The molecule has 0 fully saturated rings. The zero-order chi connectivity index (χ0) is 69.7. The van der Waals surface area contributed by atoms with E-state index in [1.165, 1.54) is 19.3 Å². The van der Waals surface area contributed by atoms with Gasteiger partial charge in [0.05, 0.1) is 26.4 Å². The van der Waals surface area contributed by atoms with Crippen LogP contribution in [0.3, 0.4) is 0 Å². The Kier molecular flexibility index (Phi) is 69.1. The first-order valence-electron chi connectivity index (χ1n) is 33.2. The fraction of sp³-hybridized carbons (Fsp3) is 1.00. The lowest BCUT2D eigenvalue weighted by atomic mass is 10.2. The average molecular weight is 1640 g/mol. The van der Waals surface area contributed by atoms with Crippen molar-refractivity contribution < 1.29 is 73.1 Å². The van der Waals surface area contributed by atoms with Crippen LogP contribution in [0.15, 0.2) is 0 Å². The van der Waals surface area contributed by atoms with E-state index in [0.29, 0.717) is 26.4 Å². The fourth-order valence-electron chi connectivity index (χ4n) is 11.2. The molecule has 0 aromatic heterocycles. The summed E-state index contributed by atoms with van der Waals surface area (Å²) in [5, 5.41) is 0. The molecule has 0 aliphatic rings. The predicted molar refractivity (Wildman–Crippen MR) is 465 cm³/mol. The molecule has 0 N–H and O–H groups in total. The largest absolute Gasteiger partial charge is 0.437 e. The molecule has 0 aromatic carbocycles. The molecule has 0 aromatic rings. The number of methoxy groups -OCH3 is 3. The Morgan fingerprint density at radius 1 is 0.167 bits per heavy atom. The summed E-state index contributed by atoms with van der Waals surface area (Å²) >= 11 is 0. The minimum absolute atomic E-state index is 0. The Balaban J connectivity index is -0.000000121. The van der Waals surface area contributed by atoms with Gasteiger partial charge in [-0.05, 0) is 260 Å². The van der Waals surface area contributed by atoms with Crippen molar-refractivity contribution in [3.63, 3.8) is 0 Å². The van der Waals surface area contributed by atoms with Gasteiger partial charge >= 0.3 is 77.0 Å². The van der Waals surface area contributed by atoms with Crippen molar-refractivity contribution in [1.29, 1.82) is 0 Å². The van der Waals surface area contributed by atoms with Crippen LogP contribution in [0.4, 0.5) is 0 Å². The molecule has 17 nitrogen and oxygen atoms in total. The quantitative estimate of drug-likeness (QED) is 0.0418. The number of rotatable bonds is 49. The summed E-state index contributed by atoms with van der Waals surface area (Å²) in [5.74, 6) is 0. The van der Waals surface area contributed by atoms with Crippen molar-refractivity contribution in [2.45, 2.75) is 358 Å². The molecule has 0 rings (SSSR count). The standard InChI is InChI=1S/C21H54O6Si5.C19H50O6Si5.C16H44O5Si5.8CH4/c1-22-19-20-23-18-16-14-13-15-17-21-32(12,26-30(8,9)24-28(2,3)4)27-31(10,11)25-29(5,6)7;1-20-17-18-21-16-14-13-15-19-30(12,24-28(8,9)22-26(2,3)4)25-29(10,11)23-27(5,6)7;1-17-15-13-14-16-26(12,20-24(8,9)18-22(2,3)4)21-25(10,11)19-23(5,6)7;;;;;;;;/h13-21H2,1-12H3;13-19H2,1-12H3;13-16H2,1-12H3;8*1H4. The fourth-order valence-corrected chi connectivity index (χ4v) is 81.6. The molecule has 0 saturated carbocycles. The molecule has 0 radical (unpaired) electrons. The molecule has 0 heterocycles. The molecule has 0 unspecified atom stereocenters. The summed E-state index contributed by atoms with van der Waals surface area (Å²) < 4.78 is 106. The van der Waals surface area contributed by atoms with Gasteiger partial charge in [0, 0.05) is 41.2 Å². The second-order valence-electron chi connectivity index (χ2n) is 32.7. The summed E-state index contributed by atoms with van der Waals surface area (Å²) in [6.07, 6.45) is 11.2. The van der Waals surface area contributed by atoms with E-state index in [1.54, 1.807) is 21.3 Å². The van der Waals surface area contributed by atoms with Crippen LogP contribution in [0.5, 0.6) is 0 Å². The second-order valence-corrected chi connectivity index (χ2v) is 92.9. The predicted octanol–water partition coefficient (Wildman–Crippen LogP) is 23.6. The van der Waals surface area contributed by atoms with Gasteiger partial charge in [-0.3, -0.25) is 0 Å². The molecule has 598 valence electrons. The second kappa shape index (κ2) is 54.2. The van der Waals surface area contributed by atoms with Crippen LogP contribution in [-0.2, 0) is 73.1 Å². The Labute approximate surface area is 620 Å². The van der Waals surface area contributed by atoms with Gasteiger partial charge in [0.25, 0.3) is 0 Å². The summed E-state index contributed by atoms with van der Waals surface area (Å²) in [6, 6.07) is 2.91. The van der Waals surface area contributed by atoms with Gasteiger partial charge in [-0.1, -0.05) is 97.9 Å². The van der Waals surface area contributed by atoms with E-state index in [-0.39, 0.29) is 59.4 Å². The van der Waals surface area contributed by atoms with Crippen LogP contribution in [0.1, 0.15) is 124 Å². The van der Waals surface area contributed by atoms with Gasteiger partial charge in [-0.25, -0.2) is 0 Å². The van der Waals surface area contributed by atoms with Crippen LogP contribution < -0.4 is 0 Å². The highest BCUT2D eigenvalue weighted by Crippen LogP contribution is 2.34. The Morgan fingerprint density at radius 3 is 0.510 bits per heavy atom. The van der Waals surface area contributed by atoms with Crippen molar-refractivity contribution in [2.24, 2.45) is 0 Å². The van der Waals surface area contributed by atoms with Crippen LogP contribution >= 0.6 is 0 Å². The molecular formula is C64H180O17Si15. The first-order valence-corrected chi connectivity index (χ1v) is 78.1. The lowest BCUT2D eigenvalue weighted by molar-refractivity contribution is 0.0686. The topological polar surface area (TPSA) is 157 Å². The van der Waals surface area contributed by atoms with E-state index in [2.05, 4.69) is 216 Å². The Hall–Kier alpha value is 2.57. The van der Waals surface area contributed by atoms with Gasteiger partial charge in [-0.15, -0.1) is 0 Å².